The SMILES string of the molecule is CC(C)(CN)CN=C(Nc1ccccc1)NC1CC1. The molecule has 0 aromatic heterocycles. The first kappa shape index (κ1) is 13.9. The van der Waals surface area contributed by atoms with Crippen molar-refractivity contribution in [2.45, 2.75) is 32.7 Å². The number of benzene rings is 1. The molecule has 0 atom stereocenters. The van der Waals surface area contributed by atoms with E-state index in [2.05, 4.69) is 29.5 Å². The second-order valence-electron chi connectivity index (χ2n) is 5.94. The van der Waals surface area contributed by atoms with Crippen molar-refractivity contribution in [1.29, 1.82) is 0 Å². The molecule has 0 heterocycles. The van der Waals surface area contributed by atoms with Crippen LogP contribution in [0.5, 0.6) is 0 Å². The molecule has 1 aliphatic carbocycles. The Morgan fingerprint density at radius 3 is 2.58 bits per heavy atom. The fourth-order valence-corrected chi connectivity index (χ4v) is 1.56. The van der Waals surface area contributed by atoms with Gasteiger partial charge in [0.2, 0.25) is 0 Å². The number of nitrogens with zero attached hydrogens (tertiary/aromatic N) is 1. The summed E-state index contributed by atoms with van der Waals surface area (Å²) in [5, 5.41) is 6.78. The summed E-state index contributed by atoms with van der Waals surface area (Å²) in [7, 11) is 0. The maximum absolute atomic E-state index is 5.75. The van der Waals surface area contributed by atoms with Crippen molar-refractivity contribution in [2.24, 2.45) is 16.1 Å². The van der Waals surface area contributed by atoms with E-state index in [1.165, 1.54) is 12.8 Å². The zero-order valence-corrected chi connectivity index (χ0v) is 11.8. The van der Waals surface area contributed by atoms with Crippen molar-refractivity contribution in [3.8, 4) is 0 Å². The van der Waals surface area contributed by atoms with Gasteiger partial charge in [-0.1, -0.05) is 32.0 Å². The molecule has 2 rings (SSSR count). The van der Waals surface area contributed by atoms with Crippen molar-refractivity contribution in [3.05, 3.63) is 30.3 Å². The highest BCUT2D eigenvalue weighted by Gasteiger charge is 2.23. The van der Waals surface area contributed by atoms with Crippen LogP contribution in [0.4, 0.5) is 5.69 Å². The van der Waals surface area contributed by atoms with Gasteiger partial charge in [0.05, 0.1) is 0 Å². The standard InChI is InChI=1S/C15H24N4/c1-15(2,10-16)11-17-14(19-13-8-9-13)18-12-6-4-3-5-7-12/h3-7,13H,8-11,16H2,1-2H3,(H2,17,18,19). The third kappa shape index (κ3) is 4.91. The number of hydrogen-bond acceptors (Lipinski definition) is 2. The first-order chi connectivity index (χ1) is 9.09. The van der Waals surface area contributed by atoms with Crippen LogP contribution in [0.3, 0.4) is 0 Å². The van der Waals surface area contributed by atoms with Crippen LogP contribution in [0.25, 0.3) is 0 Å². The first-order valence-corrected chi connectivity index (χ1v) is 6.92. The maximum atomic E-state index is 5.75. The van der Waals surface area contributed by atoms with Gasteiger partial charge < -0.3 is 16.4 Å². The topological polar surface area (TPSA) is 62.4 Å². The predicted octanol–water partition coefficient (Wildman–Crippen LogP) is 2.19. The van der Waals surface area contributed by atoms with Gasteiger partial charge in [0.1, 0.15) is 0 Å². The molecular formula is C15H24N4. The van der Waals surface area contributed by atoms with Crippen molar-refractivity contribution in [2.75, 3.05) is 18.4 Å². The zero-order chi connectivity index (χ0) is 13.7. The van der Waals surface area contributed by atoms with Crippen molar-refractivity contribution in [1.82, 2.24) is 5.32 Å². The highest BCUT2D eigenvalue weighted by Crippen LogP contribution is 2.19. The van der Waals surface area contributed by atoms with E-state index in [1.807, 2.05) is 30.3 Å². The van der Waals surface area contributed by atoms with Gasteiger partial charge >= 0.3 is 0 Å². The average Bonchev–Trinajstić information content (AvgIpc) is 3.21. The van der Waals surface area contributed by atoms with E-state index in [-0.39, 0.29) is 5.41 Å². The molecular weight excluding hydrogens is 236 g/mol. The molecule has 0 radical (unpaired) electrons. The van der Waals surface area contributed by atoms with Gasteiger partial charge in [-0.05, 0) is 36.9 Å². The van der Waals surface area contributed by atoms with E-state index in [4.69, 9.17) is 5.73 Å². The van der Waals surface area contributed by atoms with Gasteiger partial charge in [-0.2, -0.15) is 0 Å². The second kappa shape index (κ2) is 6.06. The molecule has 104 valence electrons. The van der Waals surface area contributed by atoms with Crippen LogP contribution in [0.1, 0.15) is 26.7 Å². The van der Waals surface area contributed by atoms with Crippen LogP contribution in [0, 0.1) is 5.41 Å². The lowest BCUT2D eigenvalue weighted by molar-refractivity contribution is 0.393. The highest BCUT2D eigenvalue weighted by atomic mass is 15.2. The molecule has 4 nitrogen and oxygen atoms in total. The number of para-hydroxylation sites is 1. The highest BCUT2D eigenvalue weighted by molar-refractivity contribution is 5.94. The number of rotatable bonds is 5. The van der Waals surface area contributed by atoms with Crippen LogP contribution in [0.2, 0.25) is 0 Å². The van der Waals surface area contributed by atoms with Crippen LogP contribution >= 0.6 is 0 Å². The van der Waals surface area contributed by atoms with E-state index in [0.29, 0.717) is 12.6 Å². The molecule has 0 bridgehead atoms. The molecule has 4 N–H and O–H groups in total. The molecule has 19 heavy (non-hydrogen) atoms. The minimum absolute atomic E-state index is 0.0366. The molecule has 1 saturated carbocycles. The zero-order valence-electron chi connectivity index (χ0n) is 11.8. The molecule has 0 unspecified atom stereocenters. The number of nitrogens with one attached hydrogen (secondary N) is 2. The Morgan fingerprint density at radius 1 is 1.32 bits per heavy atom. The van der Waals surface area contributed by atoms with E-state index < -0.39 is 0 Å². The summed E-state index contributed by atoms with van der Waals surface area (Å²) in [4.78, 5) is 4.66. The summed E-state index contributed by atoms with van der Waals surface area (Å²) < 4.78 is 0. The largest absolute Gasteiger partial charge is 0.353 e. The lowest BCUT2D eigenvalue weighted by Crippen LogP contribution is -2.35. The van der Waals surface area contributed by atoms with Crippen molar-refractivity contribution < 1.29 is 0 Å². The quantitative estimate of drug-likeness (QED) is 0.562. The molecule has 0 amide bonds. The van der Waals surface area contributed by atoms with Crippen molar-refractivity contribution >= 4 is 11.6 Å². The fraction of sp³-hybridized carbons (Fsp3) is 0.533. The Bertz CT molecular complexity index is 421. The van der Waals surface area contributed by atoms with E-state index >= 15 is 0 Å². The van der Waals surface area contributed by atoms with Crippen LogP contribution in [-0.4, -0.2) is 25.1 Å². The number of anilines is 1. The Morgan fingerprint density at radius 2 is 2.00 bits per heavy atom. The Labute approximate surface area is 115 Å². The molecule has 0 aliphatic heterocycles. The van der Waals surface area contributed by atoms with Crippen LogP contribution < -0.4 is 16.4 Å². The monoisotopic (exact) mass is 260 g/mol. The summed E-state index contributed by atoms with van der Waals surface area (Å²) in [5.41, 5.74) is 6.84. The predicted molar refractivity (Wildman–Crippen MR) is 81.4 cm³/mol. The molecule has 0 saturated heterocycles. The number of guanidine groups is 1. The normalized spacial score (nSPS) is 16.3. The van der Waals surface area contributed by atoms with Crippen molar-refractivity contribution in [3.63, 3.8) is 0 Å². The summed E-state index contributed by atoms with van der Waals surface area (Å²) in [6.07, 6.45) is 2.46. The van der Waals surface area contributed by atoms with Gasteiger partial charge in [-0.3, -0.25) is 4.99 Å². The Hall–Kier alpha value is -1.55. The third-order valence-corrected chi connectivity index (χ3v) is 3.17. The Kier molecular flexibility index (Phi) is 4.43. The number of nitrogens with two attached hydrogens (primary N) is 1. The molecule has 1 aromatic carbocycles. The number of hydrogen-bond donors (Lipinski definition) is 3. The second-order valence-corrected chi connectivity index (χ2v) is 5.94. The van der Waals surface area contributed by atoms with Gasteiger partial charge in [-0.15, -0.1) is 0 Å². The maximum Gasteiger partial charge on any atom is 0.196 e. The van der Waals surface area contributed by atoms with Gasteiger partial charge in [0.15, 0.2) is 5.96 Å². The summed E-state index contributed by atoms with van der Waals surface area (Å²) >= 11 is 0. The van der Waals surface area contributed by atoms with E-state index in [0.717, 1.165) is 18.2 Å². The molecule has 1 aromatic rings. The summed E-state index contributed by atoms with van der Waals surface area (Å²) in [6.45, 7) is 5.62. The van der Waals surface area contributed by atoms with E-state index in [1.54, 1.807) is 0 Å². The Balaban J connectivity index is 2.00. The minimum Gasteiger partial charge on any atom is -0.353 e. The number of aliphatic imine (C=N–C) groups is 1. The summed E-state index contributed by atoms with van der Waals surface area (Å²) in [5.74, 6) is 0.857. The smallest absolute Gasteiger partial charge is 0.196 e. The lowest BCUT2D eigenvalue weighted by atomic mass is 9.94. The average molecular weight is 260 g/mol. The lowest BCUT2D eigenvalue weighted by Gasteiger charge is -2.21. The van der Waals surface area contributed by atoms with Crippen LogP contribution in [-0.2, 0) is 0 Å². The summed E-state index contributed by atoms with van der Waals surface area (Å²) in [6, 6.07) is 10.7. The van der Waals surface area contributed by atoms with Crippen LogP contribution in [0.15, 0.2) is 35.3 Å². The first-order valence-electron chi connectivity index (χ1n) is 6.92. The van der Waals surface area contributed by atoms with Gasteiger partial charge in [-0.25, -0.2) is 0 Å². The minimum atomic E-state index is 0.0366. The van der Waals surface area contributed by atoms with Gasteiger partial charge in [0, 0.05) is 18.3 Å². The molecule has 0 spiro atoms. The fourth-order valence-electron chi connectivity index (χ4n) is 1.56. The van der Waals surface area contributed by atoms with E-state index in [9.17, 15) is 0 Å². The molecule has 1 aliphatic rings. The molecule has 4 heteroatoms. The van der Waals surface area contributed by atoms with Gasteiger partial charge in [0.25, 0.3) is 0 Å². The third-order valence-electron chi connectivity index (χ3n) is 3.17. The molecule has 1 fully saturated rings.